The third-order valence-corrected chi connectivity index (χ3v) is 11.7. The molecular formula is C51H34O. The molecular weight excluding hydrogens is 629 g/mol. The SMILES string of the molecule is CC1(C)c2cc(-c3c4ccccc4c(-c4ccccc4)c4ccccc34)ccc2-c2ccc(-c3cccc4c3ccc3oc5ccccc5c34)cc21. The average molecular weight is 663 g/mol. The molecule has 0 radical (unpaired) electrons. The van der Waals surface area contributed by atoms with E-state index in [1.165, 1.54) is 93.3 Å². The van der Waals surface area contributed by atoms with Gasteiger partial charge >= 0.3 is 0 Å². The van der Waals surface area contributed by atoms with Crippen molar-refractivity contribution in [2.45, 2.75) is 19.3 Å². The van der Waals surface area contributed by atoms with Gasteiger partial charge in [-0.05, 0) is 112 Å². The van der Waals surface area contributed by atoms with Crippen molar-refractivity contribution in [3.8, 4) is 44.5 Å². The lowest BCUT2D eigenvalue weighted by Crippen LogP contribution is -2.15. The van der Waals surface area contributed by atoms with Crippen LogP contribution >= 0.6 is 0 Å². The molecule has 0 aliphatic heterocycles. The molecule has 0 fully saturated rings. The van der Waals surface area contributed by atoms with Gasteiger partial charge in [-0.25, -0.2) is 0 Å². The van der Waals surface area contributed by atoms with Crippen LogP contribution in [0.4, 0.5) is 0 Å². The van der Waals surface area contributed by atoms with E-state index in [1.807, 2.05) is 6.07 Å². The largest absolute Gasteiger partial charge is 0.456 e. The first-order chi connectivity index (χ1) is 25.6. The quantitative estimate of drug-likeness (QED) is 0.172. The Morgan fingerprint density at radius 1 is 0.346 bits per heavy atom. The first kappa shape index (κ1) is 29.3. The van der Waals surface area contributed by atoms with E-state index in [0.717, 1.165) is 16.6 Å². The molecule has 52 heavy (non-hydrogen) atoms. The van der Waals surface area contributed by atoms with Gasteiger partial charge in [0.25, 0.3) is 0 Å². The van der Waals surface area contributed by atoms with E-state index in [0.29, 0.717) is 0 Å². The van der Waals surface area contributed by atoms with Gasteiger partial charge in [-0.1, -0.05) is 159 Å². The minimum Gasteiger partial charge on any atom is -0.456 e. The summed E-state index contributed by atoms with van der Waals surface area (Å²) in [6.45, 7) is 4.79. The van der Waals surface area contributed by atoms with Crippen molar-refractivity contribution in [2.75, 3.05) is 0 Å². The summed E-state index contributed by atoms with van der Waals surface area (Å²) in [7, 11) is 0. The van der Waals surface area contributed by atoms with Gasteiger partial charge in [-0.2, -0.15) is 0 Å². The van der Waals surface area contributed by atoms with E-state index in [2.05, 4.69) is 178 Å². The van der Waals surface area contributed by atoms with Crippen LogP contribution in [0.3, 0.4) is 0 Å². The highest BCUT2D eigenvalue weighted by Crippen LogP contribution is 2.52. The highest BCUT2D eigenvalue weighted by molar-refractivity contribution is 6.22. The predicted molar refractivity (Wildman–Crippen MR) is 220 cm³/mol. The van der Waals surface area contributed by atoms with E-state index < -0.39 is 0 Å². The zero-order valence-corrected chi connectivity index (χ0v) is 29.1. The van der Waals surface area contributed by atoms with Crippen LogP contribution in [0.25, 0.3) is 98.8 Å². The first-order valence-electron chi connectivity index (χ1n) is 18.2. The van der Waals surface area contributed by atoms with Gasteiger partial charge in [0, 0.05) is 16.2 Å². The van der Waals surface area contributed by atoms with Crippen LogP contribution in [0.5, 0.6) is 0 Å². The van der Waals surface area contributed by atoms with Gasteiger partial charge in [0.05, 0.1) is 0 Å². The molecule has 0 atom stereocenters. The number of benzene rings is 9. The Balaban J connectivity index is 1.08. The second-order valence-corrected chi connectivity index (χ2v) is 14.8. The zero-order valence-electron chi connectivity index (χ0n) is 29.1. The van der Waals surface area contributed by atoms with Crippen LogP contribution in [-0.4, -0.2) is 0 Å². The number of fused-ring (bicyclic) bond motifs is 10. The number of furan rings is 1. The monoisotopic (exact) mass is 662 g/mol. The molecule has 9 aromatic carbocycles. The summed E-state index contributed by atoms with van der Waals surface area (Å²) < 4.78 is 6.24. The second kappa shape index (κ2) is 10.8. The first-order valence-corrected chi connectivity index (χ1v) is 18.2. The number of hydrogen-bond donors (Lipinski definition) is 0. The molecule has 1 aromatic heterocycles. The zero-order chi connectivity index (χ0) is 34.6. The van der Waals surface area contributed by atoms with E-state index >= 15 is 0 Å². The highest BCUT2D eigenvalue weighted by Gasteiger charge is 2.36. The van der Waals surface area contributed by atoms with Gasteiger partial charge in [-0.3, -0.25) is 0 Å². The average Bonchev–Trinajstić information content (AvgIpc) is 3.69. The van der Waals surface area contributed by atoms with Crippen molar-refractivity contribution in [3.05, 3.63) is 181 Å². The smallest absolute Gasteiger partial charge is 0.136 e. The van der Waals surface area contributed by atoms with Crippen LogP contribution < -0.4 is 0 Å². The van der Waals surface area contributed by atoms with Crippen molar-refractivity contribution >= 4 is 54.3 Å². The molecule has 0 unspecified atom stereocenters. The van der Waals surface area contributed by atoms with Gasteiger partial charge < -0.3 is 4.42 Å². The molecule has 1 aliphatic carbocycles. The highest BCUT2D eigenvalue weighted by atomic mass is 16.3. The molecule has 1 nitrogen and oxygen atoms in total. The molecule has 0 saturated carbocycles. The number of para-hydroxylation sites is 1. The number of hydrogen-bond acceptors (Lipinski definition) is 1. The summed E-state index contributed by atoms with van der Waals surface area (Å²) in [6, 6.07) is 62.4. The summed E-state index contributed by atoms with van der Waals surface area (Å²) >= 11 is 0. The third kappa shape index (κ3) is 4.05. The molecule has 0 amide bonds. The lowest BCUT2D eigenvalue weighted by molar-refractivity contribution is 0.661. The van der Waals surface area contributed by atoms with Gasteiger partial charge in [0.1, 0.15) is 11.2 Å². The summed E-state index contributed by atoms with van der Waals surface area (Å²) in [4.78, 5) is 0. The van der Waals surface area contributed by atoms with Crippen LogP contribution in [0, 0.1) is 0 Å². The van der Waals surface area contributed by atoms with Gasteiger partial charge in [0.2, 0.25) is 0 Å². The second-order valence-electron chi connectivity index (χ2n) is 14.8. The van der Waals surface area contributed by atoms with E-state index in [9.17, 15) is 0 Å². The van der Waals surface area contributed by atoms with Crippen molar-refractivity contribution in [1.29, 1.82) is 0 Å². The summed E-state index contributed by atoms with van der Waals surface area (Å²) in [5.41, 5.74) is 14.7. The third-order valence-electron chi connectivity index (χ3n) is 11.7. The van der Waals surface area contributed by atoms with Gasteiger partial charge in [0.15, 0.2) is 0 Å². The van der Waals surface area contributed by atoms with Crippen LogP contribution in [0.2, 0.25) is 0 Å². The van der Waals surface area contributed by atoms with Crippen LogP contribution in [0.15, 0.2) is 174 Å². The van der Waals surface area contributed by atoms with Crippen molar-refractivity contribution in [1.82, 2.24) is 0 Å². The Hall–Kier alpha value is -6.44. The maximum Gasteiger partial charge on any atom is 0.136 e. The Labute approximate surface area is 302 Å². The molecule has 0 saturated heterocycles. The molecule has 10 aromatic rings. The van der Waals surface area contributed by atoms with Crippen molar-refractivity contribution < 1.29 is 4.42 Å². The van der Waals surface area contributed by atoms with E-state index in [4.69, 9.17) is 4.42 Å². The van der Waals surface area contributed by atoms with Gasteiger partial charge in [-0.15, -0.1) is 0 Å². The minimum absolute atomic E-state index is 0.176. The van der Waals surface area contributed by atoms with E-state index in [-0.39, 0.29) is 5.41 Å². The van der Waals surface area contributed by atoms with Crippen molar-refractivity contribution in [2.24, 2.45) is 0 Å². The lowest BCUT2D eigenvalue weighted by Gasteiger charge is -2.23. The molecule has 244 valence electrons. The van der Waals surface area contributed by atoms with E-state index in [1.54, 1.807) is 0 Å². The summed E-state index contributed by atoms with van der Waals surface area (Å²) in [6.07, 6.45) is 0. The molecule has 0 bridgehead atoms. The predicted octanol–water partition coefficient (Wildman–Crippen LogP) is 14.4. The lowest BCUT2D eigenvalue weighted by atomic mass is 9.80. The van der Waals surface area contributed by atoms with Crippen LogP contribution in [0.1, 0.15) is 25.0 Å². The van der Waals surface area contributed by atoms with Crippen molar-refractivity contribution in [3.63, 3.8) is 0 Å². The fraction of sp³-hybridized carbons (Fsp3) is 0.0588. The molecule has 1 aliphatic rings. The molecule has 1 heteroatoms. The fourth-order valence-corrected chi connectivity index (χ4v) is 9.25. The maximum atomic E-state index is 6.24. The summed E-state index contributed by atoms with van der Waals surface area (Å²) in [5.74, 6) is 0. The fourth-order valence-electron chi connectivity index (χ4n) is 9.25. The normalized spacial score (nSPS) is 13.3. The Morgan fingerprint density at radius 3 is 1.56 bits per heavy atom. The Bertz CT molecular complexity index is 3030. The molecule has 0 N–H and O–H groups in total. The van der Waals surface area contributed by atoms with Crippen LogP contribution in [-0.2, 0) is 5.41 Å². The maximum absolute atomic E-state index is 6.24. The molecule has 11 rings (SSSR count). The topological polar surface area (TPSA) is 13.1 Å². The number of rotatable bonds is 3. The minimum atomic E-state index is -0.176. The molecule has 0 spiro atoms. The standard InChI is InChI=1S/C51H34O/c1-51(2)44-29-32(34-20-12-21-38-35(34)27-28-47-50(38)43-19-10-11-22-46(43)52-47)23-25-36(44)37-26-24-33(30-45(37)51)49-41-17-8-6-15-39(41)48(31-13-4-3-5-14-31)40-16-7-9-18-42(40)49/h3-30H,1-2H3. The Morgan fingerprint density at radius 2 is 0.885 bits per heavy atom. The summed E-state index contributed by atoms with van der Waals surface area (Å²) in [5, 5.41) is 9.96. The molecule has 1 heterocycles. The Kier molecular flexibility index (Phi) is 6.08.